The number of halogens is 1. The largest absolute Gasteiger partial charge is 0.465 e. The fourth-order valence-corrected chi connectivity index (χ4v) is 10.8. The van der Waals surface area contributed by atoms with Crippen molar-refractivity contribution in [1.29, 1.82) is 0 Å². The van der Waals surface area contributed by atoms with Gasteiger partial charge in [-0.1, -0.05) is 66.5 Å². The minimum absolute atomic E-state index is 0.0465. The van der Waals surface area contributed by atoms with Gasteiger partial charge in [-0.25, -0.2) is 0 Å². The van der Waals surface area contributed by atoms with Crippen molar-refractivity contribution in [3.05, 3.63) is 54.6 Å². The van der Waals surface area contributed by atoms with Crippen LogP contribution in [0.15, 0.2) is 43.5 Å². The van der Waals surface area contributed by atoms with Gasteiger partial charge in [0.1, 0.15) is 6.04 Å². The number of alkyl halides is 1. The van der Waals surface area contributed by atoms with Crippen molar-refractivity contribution in [1.82, 2.24) is 4.90 Å². The number of aryl methyl sites for hydroxylation is 2. The van der Waals surface area contributed by atoms with E-state index in [0.29, 0.717) is 13.0 Å². The molecule has 3 aliphatic heterocycles. The lowest BCUT2D eigenvalue weighted by Crippen LogP contribution is -2.59. The van der Waals surface area contributed by atoms with Crippen LogP contribution < -0.4 is 4.90 Å². The molecule has 0 radical (unpaired) electrons. The number of thioether (sulfide) groups is 1. The van der Waals surface area contributed by atoms with Crippen molar-refractivity contribution in [2.75, 3.05) is 24.7 Å². The second-order valence-corrected chi connectivity index (χ2v) is 14.7. The molecule has 4 rings (SSSR count). The molecule has 2 amide bonds. The maximum atomic E-state index is 15.0. The Kier molecular flexibility index (Phi) is 10.7. The monoisotopic (exact) mass is 660 g/mol. The summed E-state index contributed by atoms with van der Waals surface area (Å²) in [5.41, 5.74) is 2.72. The van der Waals surface area contributed by atoms with Crippen molar-refractivity contribution >= 4 is 51.2 Å². The van der Waals surface area contributed by atoms with Crippen molar-refractivity contribution in [2.45, 2.75) is 86.7 Å². The number of rotatable bonds is 14. The minimum Gasteiger partial charge on any atom is -0.465 e. The van der Waals surface area contributed by atoms with Crippen LogP contribution in [0, 0.1) is 31.6 Å². The third-order valence-electron chi connectivity index (χ3n) is 9.41. The Hall–Kier alpha value is -2.10. The molecule has 3 unspecified atom stereocenters. The smallest absolute Gasteiger partial charge is 0.310 e. The Labute approximate surface area is 263 Å². The summed E-state index contributed by atoms with van der Waals surface area (Å²) in [5.74, 6) is -2.20. The minimum atomic E-state index is -0.847. The summed E-state index contributed by atoms with van der Waals surface area (Å²) in [4.78, 5) is 46.5. The highest BCUT2D eigenvalue weighted by Gasteiger charge is 2.77. The number of unbranched alkanes of at least 4 members (excludes halogenated alkanes) is 2. The first-order valence-corrected chi connectivity index (χ1v) is 16.9. The number of aliphatic hydroxyl groups excluding tert-OH is 1. The fraction of sp³-hybridized carbons (Fsp3) is 0.606. The van der Waals surface area contributed by atoms with E-state index in [1.807, 2.05) is 52.0 Å². The molecule has 3 aliphatic rings. The van der Waals surface area contributed by atoms with Gasteiger partial charge in [-0.3, -0.25) is 14.4 Å². The molecular formula is C33H45BrN2O5S. The molecule has 9 heteroatoms. The SMILES string of the molecule is C=CCCCCOC(=O)[C@H]1[C@@H]2SC3(CC2Br)C(C(=O)N(CC=C)c2c(C)cccc2C)N([C@@H](CO)[C@@H](C)CC)C(=O)[C@H]13. The van der Waals surface area contributed by atoms with E-state index >= 15 is 0 Å². The lowest BCUT2D eigenvalue weighted by Gasteiger charge is -2.41. The first-order valence-electron chi connectivity index (χ1n) is 15.1. The summed E-state index contributed by atoms with van der Waals surface area (Å²) in [5, 5.41) is 10.5. The van der Waals surface area contributed by atoms with Crippen LogP contribution in [0.4, 0.5) is 5.69 Å². The van der Waals surface area contributed by atoms with Gasteiger partial charge in [0.2, 0.25) is 5.91 Å². The van der Waals surface area contributed by atoms with Crippen LogP contribution in [0.1, 0.15) is 57.1 Å². The summed E-state index contributed by atoms with van der Waals surface area (Å²) >= 11 is 5.42. The van der Waals surface area contributed by atoms with Gasteiger partial charge < -0.3 is 19.6 Å². The van der Waals surface area contributed by atoms with Crippen LogP contribution >= 0.6 is 27.7 Å². The summed E-state index contributed by atoms with van der Waals surface area (Å²) in [7, 11) is 0. The molecule has 0 aromatic heterocycles. The third kappa shape index (κ3) is 5.61. The third-order valence-corrected chi connectivity index (χ3v) is 12.6. The van der Waals surface area contributed by atoms with Gasteiger partial charge in [0.15, 0.2) is 0 Å². The number of likely N-dealkylation sites (tertiary alicyclic amines) is 1. The van der Waals surface area contributed by atoms with Gasteiger partial charge in [-0.05, 0) is 56.6 Å². The van der Waals surface area contributed by atoms with Crippen molar-refractivity contribution < 1.29 is 24.2 Å². The molecule has 0 aliphatic carbocycles. The number of nitrogens with zero attached hydrogens (tertiary/aromatic N) is 2. The Morgan fingerprint density at radius 2 is 1.95 bits per heavy atom. The maximum Gasteiger partial charge on any atom is 0.310 e. The van der Waals surface area contributed by atoms with E-state index in [4.69, 9.17) is 4.74 Å². The normalized spacial score (nSPS) is 29.2. The standard InChI is InChI=1S/C33H45BrN2O5S/c1-7-10-11-12-17-41-32(40)25-26-30(38)36(24(19-37)20(4)9-3)29(33(26)18-23(34)28(25)42-33)31(39)35(16-8-2)27-21(5)14-13-15-22(27)6/h7-8,13-15,20,23-26,28-29,37H,1-2,9-12,16-19H2,3-6H3/t20-,23?,24-,25+,26-,28+,29?,33?/m0/s1. The fourth-order valence-electron chi connectivity index (χ4n) is 7.25. The molecule has 1 spiro atoms. The summed E-state index contributed by atoms with van der Waals surface area (Å²) in [6, 6.07) is 4.52. The molecule has 7 nitrogen and oxygen atoms in total. The topological polar surface area (TPSA) is 87.2 Å². The number of ether oxygens (including phenoxy) is 1. The molecule has 2 bridgehead atoms. The number of allylic oxidation sites excluding steroid dienone is 1. The van der Waals surface area contributed by atoms with E-state index in [1.54, 1.807) is 27.6 Å². The van der Waals surface area contributed by atoms with E-state index in [-0.39, 0.29) is 46.9 Å². The predicted molar refractivity (Wildman–Crippen MR) is 173 cm³/mol. The van der Waals surface area contributed by atoms with Crippen molar-refractivity contribution in [2.24, 2.45) is 17.8 Å². The first kappa shape index (κ1) is 32.8. The summed E-state index contributed by atoms with van der Waals surface area (Å²) in [6.45, 7) is 16.0. The first-order chi connectivity index (χ1) is 20.1. The molecule has 42 heavy (non-hydrogen) atoms. The van der Waals surface area contributed by atoms with Gasteiger partial charge in [-0.15, -0.1) is 24.9 Å². The quantitative estimate of drug-likeness (QED) is 0.121. The number of carbonyl (C=O) groups excluding carboxylic acids is 3. The van der Waals surface area contributed by atoms with Gasteiger partial charge in [-0.2, -0.15) is 0 Å². The van der Waals surface area contributed by atoms with E-state index in [0.717, 1.165) is 42.5 Å². The number of hydrogen-bond acceptors (Lipinski definition) is 6. The van der Waals surface area contributed by atoms with E-state index in [2.05, 4.69) is 29.1 Å². The summed E-state index contributed by atoms with van der Waals surface area (Å²) < 4.78 is 4.94. The van der Waals surface area contributed by atoms with E-state index in [9.17, 15) is 19.5 Å². The zero-order valence-electron chi connectivity index (χ0n) is 25.3. The number of esters is 1. The molecule has 1 aromatic carbocycles. The molecular weight excluding hydrogens is 616 g/mol. The van der Waals surface area contributed by atoms with Crippen molar-refractivity contribution in [3.8, 4) is 0 Å². The predicted octanol–water partition coefficient (Wildman–Crippen LogP) is 5.59. The van der Waals surface area contributed by atoms with Gasteiger partial charge in [0.05, 0.1) is 35.8 Å². The number of aliphatic hydroxyl groups is 1. The number of para-hydroxylation sites is 1. The highest BCUT2D eigenvalue weighted by Crippen LogP contribution is 2.68. The van der Waals surface area contributed by atoms with Crippen LogP contribution in [-0.4, -0.2) is 74.5 Å². The average Bonchev–Trinajstić information content (AvgIpc) is 3.55. The lowest BCUT2D eigenvalue weighted by atomic mass is 9.71. The molecule has 230 valence electrons. The van der Waals surface area contributed by atoms with Crippen LogP contribution in [0.3, 0.4) is 0 Å². The second-order valence-electron chi connectivity index (χ2n) is 12.0. The number of carbonyl (C=O) groups is 3. The molecule has 0 saturated carbocycles. The summed E-state index contributed by atoms with van der Waals surface area (Å²) in [6.07, 6.45) is 7.31. The Morgan fingerprint density at radius 3 is 2.55 bits per heavy atom. The maximum absolute atomic E-state index is 15.0. The zero-order chi connectivity index (χ0) is 30.8. The van der Waals surface area contributed by atoms with Crippen LogP contribution in [0.2, 0.25) is 0 Å². The van der Waals surface area contributed by atoms with Crippen LogP contribution in [0.5, 0.6) is 0 Å². The Balaban J connectivity index is 1.80. The van der Waals surface area contributed by atoms with E-state index < -0.39 is 28.7 Å². The second kappa shape index (κ2) is 13.7. The number of anilines is 1. The number of hydrogen-bond donors (Lipinski definition) is 1. The number of amides is 2. The molecule has 3 saturated heterocycles. The highest BCUT2D eigenvalue weighted by molar-refractivity contribution is 9.09. The number of benzene rings is 1. The van der Waals surface area contributed by atoms with Crippen LogP contribution in [-0.2, 0) is 19.1 Å². The highest BCUT2D eigenvalue weighted by atomic mass is 79.9. The van der Waals surface area contributed by atoms with Gasteiger partial charge in [0, 0.05) is 22.3 Å². The Bertz CT molecular complexity index is 1190. The van der Waals surface area contributed by atoms with Gasteiger partial charge in [0.25, 0.3) is 5.91 Å². The Morgan fingerprint density at radius 1 is 1.26 bits per heavy atom. The molecule has 1 N–H and O–H groups in total. The lowest BCUT2D eigenvalue weighted by molar-refractivity contribution is -0.154. The molecule has 3 fully saturated rings. The molecule has 3 heterocycles. The average molecular weight is 662 g/mol. The molecule has 8 atom stereocenters. The molecule has 1 aromatic rings. The van der Waals surface area contributed by atoms with Gasteiger partial charge >= 0.3 is 5.97 Å². The van der Waals surface area contributed by atoms with Crippen molar-refractivity contribution in [3.63, 3.8) is 0 Å². The number of fused-ring (bicyclic) bond motifs is 1. The van der Waals surface area contributed by atoms with E-state index in [1.165, 1.54) is 0 Å². The zero-order valence-corrected chi connectivity index (χ0v) is 27.7. The van der Waals surface area contributed by atoms with Crippen LogP contribution in [0.25, 0.3) is 0 Å².